The van der Waals surface area contributed by atoms with Gasteiger partial charge in [0, 0.05) is 22.6 Å². The molecule has 0 atom stereocenters. The van der Waals surface area contributed by atoms with Gasteiger partial charge in [0.15, 0.2) is 6.71 Å². The Balaban J connectivity index is 0.00000456. The molecule has 2 aliphatic rings. The van der Waals surface area contributed by atoms with E-state index in [0.717, 1.165) is 44.6 Å². The van der Waals surface area contributed by atoms with Crippen molar-refractivity contribution in [1.82, 2.24) is 9.97 Å². The maximum Gasteiger partial charge on any atom is 2.00 e. The van der Waals surface area contributed by atoms with Crippen LogP contribution in [0, 0.1) is 39.8 Å². The number of hydrogen-bond donors (Lipinski definition) is 0. The summed E-state index contributed by atoms with van der Waals surface area (Å²) in [6.07, 6.45) is 0. The first-order valence-electron chi connectivity index (χ1n) is 21.6. The molecule has 0 aliphatic carbocycles. The fraction of sp³-hybridized carbons (Fsp3) is 0.0714. The second-order valence-electron chi connectivity index (χ2n) is 16.9. The van der Waals surface area contributed by atoms with Crippen LogP contribution in [0.2, 0.25) is 0 Å². The quantitative estimate of drug-likeness (QED) is 0.131. The van der Waals surface area contributed by atoms with Crippen LogP contribution >= 0.6 is 0 Å². The summed E-state index contributed by atoms with van der Waals surface area (Å²) in [6, 6.07) is 65.0. The first-order chi connectivity index (χ1) is 30.9. The van der Waals surface area contributed by atoms with Gasteiger partial charge in [-0.25, -0.2) is 0 Å². The maximum atomic E-state index is 7.44. The zero-order valence-corrected chi connectivity index (χ0v) is 38.0. The molecule has 7 aromatic carbocycles. The van der Waals surface area contributed by atoms with Crippen LogP contribution in [0.25, 0.3) is 44.5 Å². The van der Waals surface area contributed by atoms with E-state index in [1.54, 1.807) is 0 Å². The molecule has 0 spiro atoms. The molecule has 0 radical (unpaired) electrons. The van der Waals surface area contributed by atoms with E-state index >= 15 is 0 Å². The molecule has 5 heterocycles. The van der Waals surface area contributed by atoms with Crippen LogP contribution in [0.3, 0.4) is 0 Å². The van der Waals surface area contributed by atoms with Gasteiger partial charge in [-0.15, -0.1) is 17.1 Å². The predicted molar refractivity (Wildman–Crippen MR) is 260 cm³/mol. The molecule has 306 valence electrons. The number of furan rings is 1. The Kier molecular flexibility index (Phi) is 9.78. The topological polar surface area (TPSA) is 51.4 Å². The Morgan fingerprint density at radius 1 is 0.500 bits per heavy atom. The largest absolute Gasteiger partial charge is 2.00 e. The van der Waals surface area contributed by atoms with Crippen molar-refractivity contribution < 1.29 is 30.2 Å². The van der Waals surface area contributed by atoms with Crippen LogP contribution in [-0.2, 0) is 21.1 Å². The molecule has 2 aliphatic heterocycles. The number of aryl methyl sites for hydroxylation is 4. The van der Waals surface area contributed by atoms with Gasteiger partial charge in [0.05, 0.1) is 5.58 Å². The van der Waals surface area contributed by atoms with E-state index in [-0.39, 0.29) is 34.5 Å². The van der Waals surface area contributed by atoms with Gasteiger partial charge in [0.2, 0.25) is 6.71 Å². The summed E-state index contributed by atoms with van der Waals surface area (Å²) in [5.74, 6) is 2.63. The second-order valence-corrected chi connectivity index (χ2v) is 16.9. The van der Waals surface area contributed by atoms with Crippen LogP contribution < -0.4 is 42.4 Å². The minimum atomic E-state index is -0.152. The number of para-hydroxylation sites is 2. The minimum Gasteiger partial charge on any atom is -0.501 e. The Bertz CT molecular complexity index is 3440. The van der Waals surface area contributed by atoms with Gasteiger partial charge in [-0.05, 0) is 69.4 Å². The molecule has 8 heteroatoms. The predicted octanol–water partition coefficient (Wildman–Crippen LogP) is 9.46. The van der Waals surface area contributed by atoms with Crippen molar-refractivity contribution in [2.45, 2.75) is 27.7 Å². The number of anilines is 3. The Hall–Kier alpha value is -6.94. The molecule has 0 saturated carbocycles. The number of benzene rings is 7. The van der Waals surface area contributed by atoms with Gasteiger partial charge < -0.3 is 9.15 Å². The molecule has 5 nitrogen and oxygen atoms in total. The summed E-state index contributed by atoms with van der Waals surface area (Å²) in [4.78, 5) is 12.9. The van der Waals surface area contributed by atoms with Crippen LogP contribution in [0.15, 0.2) is 168 Å². The molecule has 0 saturated heterocycles. The number of fused-ring (bicyclic) bond motifs is 17. The average molecular weight is 1000 g/mol. The van der Waals surface area contributed by atoms with Gasteiger partial charge in [0.25, 0.3) is 0 Å². The Labute approximate surface area is 388 Å². The van der Waals surface area contributed by atoms with E-state index in [4.69, 9.17) is 19.1 Å². The molecule has 8 bridgehead atoms. The average Bonchev–Trinajstić information content (AvgIpc) is 3.68. The zero-order valence-electron chi connectivity index (χ0n) is 35.7. The fourth-order valence-corrected chi connectivity index (χ4v) is 10.3. The molecule has 3 aromatic heterocycles. The zero-order chi connectivity index (χ0) is 42.3. The molecule has 0 fully saturated rings. The van der Waals surface area contributed by atoms with E-state index < -0.39 is 0 Å². The third kappa shape index (κ3) is 6.36. The molecular weight excluding hydrogens is 963 g/mol. The van der Waals surface area contributed by atoms with E-state index in [2.05, 4.69) is 148 Å². The number of hydrogen-bond acceptors (Lipinski definition) is 5. The van der Waals surface area contributed by atoms with Crippen molar-refractivity contribution >= 4 is 85.5 Å². The second kappa shape index (κ2) is 15.7. The first-order valence-corrected chi connectivity index (χ1v) is 21.6. The summed E-state index contributed by atoms with van der Waals surface area (Å²) in [5, 5.41) is 1.92. The van der Waals surface area contributed by atoms with Gasteiger partial charge in [-0.2, -0.15) is 5.46 Å². The molecule has 0 N–H and O–H groups in total. The molecular formula is C56H39B2N3O2Pt. The number of nitrogens with zero attached hydrogens (tertiary/aromatic N) is 3. The molecule has 64 heavy (non-hydrogen) atoms. The van der Waals surface area contributed by atoms with E-state index in [1.807, 2.05) is 60.7 Å². The summed E-state index contributed by atoms with van der Waals surface area (Å²) in [6.45, 7) is 8.68. The number of ether oxygens (including phenoxy) is 1. The summed E-state index contributed by atoms with van der Waals surface area (Å²) in [7, 11) is 0. The minimum absolute atomic E-state index is 0. The Morgan fingerprint density at radius 2 is 1.08 bits per heavy atom. The fourth-order valence-electron chi connectivity index (χ4n) is 10.3. The number of aromatic nitrogens is 2. The molecule has 12 rings (SSSR count). The number of pyridine rings is 2. The molecule has 0 unspecified atom stereocenters. The first kappa shape index (κ1) is 39.9. The third-order valence-electron chi connectivity index (χ3n) is 13.1. The van der Waals surface area contributed by atoms with Crippen molar-refractivity contribution in [1.29, 1.82) is 0 Å². The van der Waals surface area contributed by atoms with Gasteiger partial charge in [-0.3, -0.25) is 14.9 Å². The van der Waals surface area contributed by atoms with Crippen LogP contribution in [0.1, 0.15) is 22.3 Å². The van der Waals surface area contributed by atoms with Crippen molar-refractivity contribution in [3.63, 3.8) is 0 Å². The third-order valence-corrected chi connectivity index (χ3v) is 13.1. The smallest absolute Gasteiger partial charge is 0.501 e. The van der Waals surface area contributed by atoms with Crippen LogP contribution in [0.5, 0.6) is 11.5 Å². The van der Waals surface area contributed by atoms with Crippen molar-refractivity contribution in [3.8, 4) is 34.0 Å². The summed E-state index contributed by atoms with van der Waals surface area (Å²) in [5.41, 5.74) is 17.8. The van der Waals surface area contributed by atoms with Crippen molar-refractivity contribution in [3.05, 3.63) is 198 Å². The summed E-state index contributed by atoms with van der Waals surface area (Å²) < 4.78 is 14.1. The van der Waals surface area contributed by atoms with Crippen molar-refractivity contribution in [2.24, 2.45) is 0 Å². The monoisotopic (exact) mass is 1000 g/mol. The number of rotatable bonds is 3. The molecule has 0 amide bonds. The molecule has 10 aromatic rings. The summed E-state index contributed by atoms with van der Waals surface area (Å²) >= 11 is 0. The SMILES string of the molecule is Cc1cccc(C)c1B1c2ccccc2B(c2c(C)cccc2C)c2c3[c-]c(cc21)-c1cccc(n1)N(c1ccccc1)c1cccc(n1)-c1[c-]c(cc2c1oc1ccccc12)O3.[Pt+2]. The standard InChI is InChI=1S/C56H39B2N3O2.Pt/c1-34-16-12-17-35(2)53(34)57-44-23-9-10-24-45(44)58(54-36(3)18-13-19-37(54)4)55-46(57)30-38-31-50(55)62-40-32-42-41-22-8-11-27-49(41)63-56(42)43(33-40)48-26-15-29-52(60-48)61(39-20-6-5-7-21-39)51-28-14-25-47(38)59-51;/h5-30,32H,1-4H3;/q-2;+2. The van der Waals surface area contributed by atoms with Gasteiger partial charge in [-0.1, -0.05) is 195 Å². The van der Waals surface area contributed by atoms with E-state index in [1.165, 1.54) is 49.6 Å². The van der Waals surface area contributed by atoms with Crippen molar-refractivity contribution in [2.75, 3.05) is 4.90 Å². The van der Waals surface area contributed by atoms with Gasteiger partial charge in [0.1, 0.15) is 17.2 Å². The van der Waals surface area contributed by atoms with Gasteiger partial charge >= 0.3 is 21.1 Å². The van der Waals surface area contributed by atoms with Crippen LogP contribution in [0.4, 0.5) is 17.3 Å². The van der Waals surface area contributed by atoms with E-state index in [0.29, 0.717) is 34.2 Å². The van der Waals surface area contributed by atoms with E-state index in [9.17, 15) is 0 Å². The maximum absolute atomic E-state index is 7.44. The normalized spacial score (nSPS) is 12.6. The van der Waals surface area contributed by atoms with Crippen LogP contribution in [-0.4, -0.2) is 23.4 Å². The Morgan fingerprint density at radius 3 is 1.78 bits per heavy atom.